The van der Waals surface area contributed by atoms with Crippen LogP contribution in [0.1, 0.15) is 44.9 Å². The monoisotopic (exact) mass is 274 g/mol. The third-order valence-corrected chi connectivity index (χ3v) is 2.89. The summed E-state index contributed by atoms with van der Waals surface area (Å²) >= 11 is 0. The Hall–Kier alpha value is -2.02. The number of carbonyl (C=O) groups excluding carboxylic acids is 1. The second-order valence-electron chi connectivity index (χ2n) is 5.72. The van der Waals surface area contributed by atoms with Crippen LogP contribution in [-0.4, -0.2) is 23.6 Å². The molecule has 0 heterocycles. The number of benzene rings is 1. The maximum Gasteiger partial charge on any atom is 0.411 e. The van der Waals surface area contributed by atoms with Gasteiger partial charge < -0.3 is 4.74 Å². The predicted molar refractivity (Wildman–Crippen MR) is 78.2 cm³/mol. The molecule has 0 aliphatic heterocycles. The Labute approximate surface area is 121 Å². The van der Waals surface area contributed by atoms with Crippen LogP contribution in [0.3, 0.4) is 0 Å². The quantitative estimate of drug-likeness (QED) is 0.844. The van der Waals surface area contributed by atoms with Gasteiger partial charge in [-0.1, -0.05) is 31.2 Å². The summed E-state index contributed by atoms with van der Waals surface area (Å²) in [5, 5.41) is 9.32. The summed E-state index contributed by atoms with van der Waals surface area (Å²) in [7, 11) is 1.58. The Kier molecular flexibility index (Phi) is 5.15. The number of rotatable bonds is 3. The van der Waals surface area contributed by atoms with E-state index < -0.39 is 17.7 Å². The molecule has 1 rings (SSSR count). The number of hydrogen-bond acceptors (Lipinski definition) is 3. The molecule has 1 unspecified atom stereocenters. The zero-order valence-corrected chi connectivity index (χ0v) is 12.8. The molecule has 0 aliphatic rings. The van der Waals surface area contributed by atoms with Crippen LogP contribution in [0.2, 0.25) is 0 Å². The first-order valence-corrected chi connectivity index (χ1v) is 6.72. The van der Waals surface area contributed by atoms with E-state index in [0.29, 0.717) is 0 Å². The van der Waals surface area contributed by atoms with Crippen molar-refractivity contribution in [3.05, 3.63) is 35.4 Å². The van der Waals surface area contributed by atoms with E-state index in [2.05, 4.69) is 13.0 Å². The van der Waals surface area contributed by atoms with Crippen molar-refractivity contribution in [3.63, 3.8) is 0 Å². The van der Waals surface area contributed by atoms with Crippen LogP contribution in [-0.2, 0) is 11.2 Å². The molecule has 0 saturated heterocycles. The first-order chi connectivity index (χ1) is 9.28. The van der Waals surface area contributed by atoms with Gasteiger partial charge in [-0.3, -0.25) is 4.90 Å². The zero-order valence-electron chi connectivity index (χ0n) is 12.8. The first-order valence-electron chi connectivity index (χ1n) is 6.72. The number of ether oxygens (including phenoxy) is 1. The van der Waals surface area contributed by atoms with Crippen LogP contribution < -0.4 is 0 Å². The summed E-state index contributed by atoms with van der Waals surface area (Å²) in [6.45, 7) is 7.48. The summed E-state index contributed by atoms with van der Waals surface area (Å²) in [5.41, 5.74) is 1.42. The van der Waals surface area contributed by atoms with E-state index in [1.807, 2.05) is 24.3 Å². The van der Waals surface area contributed by atoms with Gasteiger partial charge in [0.1, 0.15) is 11.6 Å². The average molecular weight is 274 g/mol. The highest BCUT2D eigenvalue weighted by atomic mass is 16.6. The molecule has 0 N–H and O–H groups in total. The van der Waals surface area contributed by atoms with Crippen LogP contribution in [0.4, 0.5) is 4.79 Å². The Morgan fingerprint density at radius 2 is 1.90 bits per heavy atom. The number of aryl methyl sites for hydroxylation is 1. The fourth-order valence-corrected chi connectivity index (χ4v) is 1.76. The van der Waals surface area contributed by atoms with Gasteiger partial charge in [0.05, 0.1) is 6.07 Å². The molecule has 1 atom stereocenters. The van der Waals surface area contributed by atoms with Gasteiger partial charge in [0.25, 0.3) is 0 Å². The maximum atomic E-state index is 12.0. The molecular formula is C16H22N2O2. The van der Waals surface area contributed by atoms with Crippen molar-refractivity contribution in [2.75, 3.05) is 7.05 Å². The van der Waals surface area contributed by atoms with Gasteiger partial charge in [0, 0.05) is 7.05 Å². The molecule has 4 heteroatoms. The summed E-state index contributed by atoms with van der Waals surface area (Å²) in [5.74, 6) is 0. The highest BCUT2D eigenvalue weighted by molar-refractivity contribution is 5.69. The second kappa shape index (κ2) is 6.42. The lowest BCUT2D eigenvalue weighted by molar-refractivity contribution is 0.0258. The van der Waals surface area contributed by atoms with Crippen molar-refractivity contribution in [2.45, 2.75) is 45.8 Å². The minimum atomic E-state index is -0.643. The molecule has 0 saturated carbocycles. The summed E-state index contributed by atoms with van der Waals surface area (Å²) in [6.07, 6.45) is 0.447. The van der Waals surface area contributed by atoms with E-state index in [1.54, 1.807) is 27.8 Å². The fraction of sp³-hybridized carbons (Fsp3) is 0.500. The molecule has 0 bridgehead atoms. The third kappa shape index (κ3) is 4.27. The summed E-state index contributed by atoms with van der Waals surface area (Å²) in [6, 6.07) is 9.22. The molecule has 1 amide bonds. The Morgan fingerprint density at radius 1 is 1.35 bits per heavy atom. The molecule has 1 aromatic rings. The van der Waals surface area contributed by atoms with E-state index in [0.717, 1.165) is 12.0 Å². The summed E-state index contributed by atoms with van der Waals surface area (Å²) < 4.78 is 5.28. The van der Waals surface area contributed by atoms with Crippen LogP contribution in [0, 0.1) is 11.3 Å². The van der Waals surface area contributed by atoms with Crippen LogP contribution >= 0.6 is 0 Å². The van der Waals surface area contributed by atoms with Gasteiger partial charge in [-0.2, -0.15) is 5.26 Å². The molecule has 108 valence electrons. The molecule has 1 aromatic carbocycles. The Morgan fingerprint density at radius 3 is 2.30 bits per heavy atom. The standard InChI is InChI=1S/C16H22N2O2/c1-6-12-7-9-13(10-8-12)14(11-17)18(5)15(19)20-16(2,3)4/h7-10,14H,6H2,1-5H3. The third-order valence-electron chi connectivity index (χ3n) is 2.89. The molecular weight excluding hydrogens is 252 g/mol. The van der Waals surface area contributed by atoms with Crippen molar-refractivity contribution in [1.29, 1.82) is 5.26 Å². The normalized spacial score (nSPS) is 12.4. The lowest BCUT2D eigenvalue weighted by atomic mass is 10.0. The van der Waals surface area contributed by atoms with Crippen molar-refractivity contribution >= 4 is 6.09 Å². The largest absolute Gasteiger partial charge is 0.444 e. The van der Waals surface area contributed by atoms with Gasteiger partial charge in [0.15, 0.2) is 0 Å². The van der Waals surface area contributed by atoms with E-state index in [4.69, 9.17) is 4.74 Å². The second-order valence-corrected chi connectivity index (χ2v) is 5.72. The van der Waals surface area contributed by atoms with Crippen molar-refractivity contribution in [3.8, 4) is 6.07 Å². The number of carbonyl (C=O) groups is 1. The van der Waals surface area contributed by atoms with Gasteiger partial charge in [0.2, 0.25) is 0 Å². The highest BCUT2D eigenvalue weighted by Crippen LogP contribution is 2.21. The predicted octanol–water partition coefficient (Wildman–Crippen LogP) is 3.68. The smallest absolute Gasteiger partial charge is 0.411 e. The van der Waals surface area contributed by atoms with Gasteiger partial charge in [-0.15, -0.1) is 0 Å². The molecule has 0 aromatic heterocycles. The average Bonchev–Trinajstić information content (AvgIpc) is 2.38. The van der Waals surface area contributed by atoms with Gasteiger partial charge >= 0.3 is 6.09 Å². The highest BCUT2D eigenvalue weighted by Gasteiger charge is 2.26. The van der Waals surface area contributed by atoms with E-state index >= 15 is 0 Å². The number of hydrogen-bond donors (Lipinski definition) is 0. The molecule has 0 radical (unpaired) electrons. The van der Waals surface area contributed by atoms with Crippen LogP contribution in [0.5, 0.6) is 0 Å². The SMILES string of the molecule is CCc1ccc(C(C#N)N(C)C(=O)OC(C)(C)C)cc1. The molecule has 0 spiro atoms. The topological polar surface area (TPSA) is 53.3 Å². The number of amides is 1. The minimum absolute atomic E-state index is 0.497. The lowest BCUT2D eigenvalue weighted by Gasteiger charge is -2.27. The van der Waals surface area contributed by atoms with Gasteiger partial charge in [-0.05, 0) is 38.3 Å². The molecule has 4 nitrogen and oxygen atoms in total. The number of nitriles is 1. The Balaban J connectivity index is 2.89. The summed E-state index contributed by atoms with van der Waals surface area (Å²) in [4.78, 5) is 13.3. The number of nitrogens with zero attached hydrogens (tertiary/aromatic N) is 2. The van der Waals surface area contributed by atoms with Gasteiger partial charge in [-0.25, -0.2) is 4.79 Å². The van der Waals surface area contributed by atoms with Crippen LogP contribution in [0.25, 0.3) is 0 Å². The van der Waals surface area contributed by atoms with Crippen molar-refractivity contribution in [2.24, 2.45) is 0 Å². The lowest BCUT2D eigenvalue weighted by Crippen LogP contribution is -2.36. The maximum absolute atomic E-state index is 12.0. The first kappa shape index (κ1) is 16.0. The molecule has 0 aliphatic carbocycles. The van der Waals surface area contributed by atoms with E-state index in [-0.39, 0.29) is 0 Å². The minimum Gasteiger partial charge on any atom is -0.444 e. The molecule has 0 fully saturated rings. The Bertz CT molecular complexity index is 495. The zero-order chi connectivity index (χ0) is 15.3. The fourth-order valence-electron chi connectivity index (χ4n) is 1.76. The van der Waals surface area contributed by atoms with Crippen LogP contribution in [0.15, 0.2) is 24.3 Å². The van der Waals surface area contributed by atoms with Crippen molar-refractivity contribution < 1.29 is 9.53 Å². The molecule has 20 heavy (non-hydrogen) atoms. The van der Waals surface area contributed by atoms with Crippen molar-refractivity contribution in [1.82, 2.24) is 4.90 Å². The van der Waals surface area contributed by atoms with E-state index in [9.17, 15) is 10.1 Å². The van der Waals surface area contributed by atoms with E-state index in [1.165, 1.54) is 10.5 Å².